The van der Waals surface area contributed by atoms with Crippen molar-refractivity contribution in [3.05, 3.63) is 61.1 Å². The van der Waals surface area contributed by atoms with Crippen LogP contribution in [0.25, 0.3) is 22.1 Å². The minimum absolute atomic E-state index is 0.0325. The van der Waals surface area contributed by atoms with E-state index in [1.165, 1.54) is 24.7 Å². The van der Waals surface area contributed by atoms with Gasteiger partial charge in [-0.1, -0.05) is 0 Å². The van der Waals surface area contributed by atoms with Crippen LogP contribution in [0.1, 0.15) is 0 Å². The highest BCUT2D eigenvalue weighted by molar-refractivity contribution is 7.90. The van der Waals surface area contributed by atoms with Crippen LogP contribution in [0.15, 0.2) is 60.4 Å². The van der Waals surface area contributed by atoms with Gasteiger partial charge >= 0.3 is 0 Å². The van der Waals surface area contributed by atoms with Crippen molar-refractivity contribution in [2.24, 2.45) is 7.05 Å². The predicted molar refractivity (Wildman–Crippen MR) is 119 cm³/mol. The number of nitrogens with zero attached hydrogens (tertiary/aromatic N) is 6. The van der Waals surface area contributed by atoms with E-state index in [4.69, 9.17) is 4.74 Å². The summed E-state index contributed by atoms with van der Waals surface area (Å²) < 4.78 is 45.9. The van der Waals surface area contributed by atoms with Crippen molar-refractivity contribution >= 4 is 43.4 Å². The summed E-state index contributed by atoms with van der Waals surface area (Å²) in [7, 11) is -1.74. The minimum atomic E-state index is -3.63. The lowest BCUT2D eigenvalue weighted by Gasteiger charge is -2.11. The molecule has 1 N–H and O–H groups in total. The van der Waals surface area contributed by atoms with E-state index in [9.17, 15) is 12.8 Å². The normalized spacial score (nSPS) is 11.7. The van der Waals surface area contributed by atoms with E-state index in [1.54, 1.807) is 24.5 Å². The van der Waals surface area contributed by atoms with Gasteiger partial charge in [0, 0.05) is 31.1 Å². The highest BCUT2D eigenvalue weighted by Gasteiger charge is 2.15. The molecule has 2 aromatic carbocycles. The summed E-state index contributed by atoms with van der Waals surface area (Å²) in [6, 6.07) is 9.62. The Hall–Kier alpha value is -4.19. The Bertz CT molecular complexity index is 1640. The van der Waals surface area contributed by atoms with E-state index in [-0.39, 0.29) is 22.2 Å². The van der Waals surface area contributed by atoms with E-state index < -0.39 is 15.7 Å². The molecule has 0 saturated carbocycles. The van der Waals surface area contributed by atoms with Crippen LogP contribution < -0.4 is 10.1 Å². The van der Waals surface area contributed by atoms with Crippen molar-refractivity contribution in [1.29, 1.82) is 0 Å². The molecule has 0 fully saturated rings. The van der Waals surface area contributed by atoms with E-state index >= 15 is 0 Å². The van der Waals surface area contributed by atoms with Crippen molar-refractivity contribution < 1.29 is 17.5 Å². The molecule has 33 heavy (non-hydrogen) atoms. The van der Waals surface area contributed by atoms with E-state index in [0.717, 1.165) is 17.3 Å². The summed E-state index contributed by atoms with van der Waals surface area (Å²) in [5.41, 5.74) is 2.56. The number of nitrogens with one attached hydrogen (secondary N) is 1. The monoisotopic (exact) mass is 465 g/mol. The Morgan fingerprint density at radius 1 is 1.03 bits per heavy atom. The van der Waals surface area contributed by atoms with Crippen LogP contribution in [0.5, 0.6) is 11.5 Å². The molecule has 10 nitrogen and oxygen atoms in total. The third-order valence-electron chi connectivity index (χ3n) is 4.81. The fourth-order valence-electron chi connectivity index (χ4n) is 3.21. The average molecular weight is 465 g/mol. The molecule has 3 heterocycles. The predicted octanol–water partition coefficient (Wildman–Crippen LogP) is 3.39. The number of aromatic nitrogens is 6. The highest BCUT2D eigenvalue weighted by atomic mass is 32.2. The molecule has 0 saturated heterocycles. The van der Waals surface area contributed by atoms with Crippen molar-refractivity contribution in [3.8, 4) is 11.5 Å². The second-order valence-corrected chi connectivity index (χ2v) is 9.17. The van der Waals surface area contributed by atoms with E-state index in [0.29, 0.717) is 17.0 Å². The van der Waals surface area contributed by atoms with Crippen molar-refractivity contribution in [2.75, 3.05) is 11.6 Å². The number of fused-ring (bicyclic) bond motifs is 2. The number of rotatable bonds is 5. The topological polar surface area (TPSA) is 125 Å². The molecule has 12 heteroatoms. The first-order chi connectivity index (χ1) is 15.8. The maximum Gasteiger partial charge on any atom is 0.247 e. The molecule has 0 aliphatic rings. The molecule has 3 aromatic heterocycles. The number of ether oxygens (including phenoxy) is 1. The van der Waals surface area contributed by atoms with Crippen LogP contribution in [0.2, 0.25) is 0 Å². The van der Waals surface area contributed by atoms with Gasteiger partial charge in [-0.05, 0) is 24.3 Å². The lowest BCUT2D eigenvalue weighted by Crippen LogP contribution is -2.06. The SMILES string of the molecule is Cn1cnc2cc(Oc3ccc(Nc4ncnc5cnc(S(C)(=O)=O)nc45)cc3F)ccc21. The molecular weight excluding hydrogens is 449 g/mol. The number of sulfone groups is 1. The second kappa shape index (κ2) is 7.74. The van der Waals surface area contributed by atoms with Crippen LogP contribution in [0.4, 0.5) is 15.9 Å². The molecule has 0 radical (unpaired) electrons. The highest BCUT2D eigenvalue weighted by Crippen LogP contribution is 2.30. The van der Waals surface area contributed by atoms with Gasteiger partial charge in [-0.2, -0.15) is 0 Å². The zero-order valence-corrected chi connectivity index (χ0v) is 18.2. The number of aryl methyl sites for hydroxylation is 1. The summed E-state index contributed by atoms with van der Waals surface area (Å²) in [6.45, 7) is 0. The summed E-state index contributed by atoms with van der Waals surface area (Å²) >= 11 is 0. The van der Waals surface area contributed by atoms with Crippen molar-refractivity contribution in [3.63, 3.8) is 0 Å². The molecule has 0 bridgehead atoms. The molecule has 5 rings (SSSR count). The molecule has 0 aliphatic heterocycles. The number of hydrogen-bond donors (Lipinski definition) is 1. The third-order valence-corrected chi connectivity index (χ3v) is 5.67. The van der Waals surface area contributed by atoms with E-state index in [2.05, 4.69) is 30.2 Å². The Morgan fingerprint density at radius 3 is 2.67 bits per heavy atom. The number of hydrogen-bond acceptors (Lipinski definition) is 9. The van der Waals surface area contributed by atoms with Gasteiger partial charge in [0.1, 0.15) is 23.1 Å². The Labute approximate surface area is 187 Å². The van der Waals surface area contributed by atoms with Gasteiger partial charge in [0.15, 0.2) is 17.4 Å². The molecule has 0 spiro atoms. The van der Waals surface area contributed by atoms with Gasteiger partial charge in [0.05, 0.1) is 23.6 Å². The van der Waals surface area contributed by atoms with Crippen LogP contribution in [0, 0.1) is 5.82 Å². The first-order valence-electron chi connectivity index (χ1n) is 9.61. The third kappa shape index (κ3) is 4.03. The first-order valence-corrected chi connectivity index (χ1v) is 11.5. The first kappa shape index (κ1) is 20.7. The van der Waals surface area contributed by atoms with Crippen molar-refractivity contribution in [2.45, 2.75) is 5.16 Å². The molecule has 5 aromatic rings. The summed E-state index contributed by atoms with van der Waals surface area (Å²) in [5, 5.41) is 2.59. The summed E-state index contributed by atoms with van der Waals surface area (Å²) in [4.78, 5) is 20.3. The van der Waals surface area contributed by atoms with Gasteiger partial charge < -0.3 is 14.6 Å². The van der Waals surface area contributed by atoms with Crippen molar-refractivity contribution in [1.82, 2.24) is 29.5 Å². The molecule has 0 atom stereocenters. The average Bonchev–Trinajstić information content (AvgIpc) is 3.15. The van der Waals surface area contributed by atoms with Gasteiger partial charge in [-0.25, -0.2) is 37.7 Å². The van der Waals surface area contributed by atoms with Crippen LogP contribution in [-0.4, -0.2) is 44.2 Å². The van der Waals surface area contributed by atoms with Gasteiger partial charge in [0.2, 0.25) is 15.0 Å². The summed E-state index contributed by atoms with van der Waals surface area (Å²) in [5.74, 6) is 0.0876. The largest absolute Gasteiger partial charge is 0.454 e. The number of benzene rings is 2. The maximum atomic E-state index is 14.8. The maximum absolute atomic E-state index is 14.8. The van der Waals surface area contributed by atoms with Gasteiger partial charge in [0.25, 0.3) is 0 Å². The summed E-state index contributed by atoms with van der Waals surface area (Å²) in [6.07, 6.45) is 5.26. The Kier molecular flexibility index (Phi) is 4.86. The fourth-order valence-corrected chi connectivity index (χ4v) is 3.71. The fraction of sp³-hybridized carbons (Fsp3) is 0.0952. The lowest BCUT2D eigenvalue weighted by molar-refractivity contribution is 0.443. The quantitative estimate of drug-likeness (QED) is 0.389. The Balaban J connectivity index is 1.43. The number of imidazole rings is 1. The number of halogens is 1. The molecule has 166 valence electrons. The standard InChI is InChI=1S/C21H16FN7O3S/c1-29-11-26-15-8-13(4-5-17(15)29)32-18-6-3-12(7-14(18)22)27-20-19-16(24-10-25-20)9-23-21(28-19)33(2,30)31/h3-11H,1-2H3,(H,24,25,27). The van der Waals surface area contributed by atoms with Gasteiger partial charge in [-0.15, -0.1) is 0 Å². The molecule has 0 unspecified atom stereocenters. The van der Waals surface area contributed by atoms with Crippen LogP contribution >= 0.6 is 0 Å². The second-order valence-electron chi connectivity index (χ2n) is 7.26. The smallest absolute Gasteiger partial charge is 0.247 e. The minimum Gasteiger partial charge on any atom is -0.454 e. The van der Waals surface area contributed by atoms with Gasteiger partial charge in [-0.3, -0.25) is 0 Å². The molecule has 0 aliphatic carbocycles. The van der Waals surface area contributed by atoms with Crippen LogP contribution in [0.3, 0.4) is 0 Å². The Morgan fingerprint density at radius 2 is 1.88 bits per heavy atom. The zero-order valence-electron chi connectivity index (χ0n) is 17.4. The van der Waals surface area contributed by atoms with Crippen LogP contribution in [-0.2, 0) is 16.9 Å². The molecule has 0 amide bonds. The zero-order chi connectivity index (χ0) is 23.2. The molecular formula is C21H16FN7O3S. The lowest BCUT2D eigenvalue weighted by atomic mass is 10.2. The van der Waals surface area contributed by atoms with E-state index in [1.807, 2.05) is 17.7 Å². The number of anilines is 2.